The normalized spacial score (nSPS) is 24.0. The molecule has 4 rings (SSSR count). The highest BCUT2D eigenvalue weighted by molar-refractivity contribution is 7.10. The van der Waals surface area contributed by atoms with Crippen LogP contribution in [-0.4, -0.2) is 63.9 Å². The van der Waals surface area contributed by atoms with E-state index >= 15 is 0 Å². The van der Waals surface area contributed by atoms with Crippen LogP contribution in [0.15, 0.2) is 52.8 Å². The van der Waals surface area contributed by atoms with E-state index in [-0.39, 0.29) is 6.10 Å². The number of benzene rings is 1. The summed E-state index contributed by atoms with van der Waals surface area (Å²) in [7, 11) is 1.84. The molecule has 0 aliphatic carbocycles. The summed E-state index contributed by atoms with van der Waals surface area (Å²) in [6.07, 6.45) is 2.42. The maximum Gasteiger partial charge on any atom is 0.191 e. The highest BCUT2D eigenvalue weighted by Crippen LogP contribution is 2.33. The summed E-state index contributed by atoms with van der Waals surface area (Å²) in [6, 6.07) is 15.3. The van der Waals surface area contributed by atoms with Crippen molar-refractivity contribution < 1.29 is 9.47 Å². The molecule has 1 aromatic heterocycles. The van der Waals surface area contributed by atoms with Crippen LogP contribution in [0.4, 0.5) is 0 Å². The molecule has 3 atom stereocenters. The van der Waals surface area contributed by atoms with Gasteiger partial charge in [-0.2, -0.15) is 0 Å². The summed E-state index contributed by atoms with van der Waals surface area (Å²) in [6.45, 7) is 6.05. The molecular weight excluding hydrogens is 408 g/mol. The zero-order valence-corrected chi connectivity index (χ0v) is 19.2. The average Bonchev–Trinajstić information content (AvgIpc) is 3.37. The number of rotatable bonds is 7. The SMILES string of the molecule is CN=C(NCC1CCCOC1c1ccccc1)NCC(c1cccs1)N1CCOCC1. The highest BCUT2D eigenvalue weighted by Gasteiger charge is 2.28. The van der Waals surface area contributed by atoms with Crippen LogP contribution in [0.3, 0.4) is 0 Å². The lowest BCUT2D eigenvalue weighted by Gasteiger charge is -2.35. The molecule has 2 aliphatic heterocycles. The van der Waals surface area contributed by atoms with Crippen LogP contribution < -0.4 is 10.6 Å². The highest BCUT2D eigenvalue weighted by atomic mass is 32.1. The van der Waals surface area contributed by atoms with E-state index in [0.29, 0.717) is 12.0 Å². The van der Waals surface area contributed by atoms with E-state index in [9.17, 15) is 0 Å². The number of aliphatic imine (C=N–C) groups is 1. The van der Waals surface area contributed by atoms with Gasteiger partial charge in [-0.25, -0.2) is 0 Å². The molecule has 0 amide bonds. The van der Waals surface area contributed by atoms with Crippen molar-refractivity contribution in [2.45, 2.75) is 25.0 Å². The second-order valence-electron chi connectivity index (χ2n) is 8.12. The third-order valence-corrected chi connectivity index (χ3v) is 7.12. The molecule has 2 fully saturated rings. The smallest absolute Gasteiger partial charge is 0.191 e. The molecule has 6 nitrogen and oxygen atoms in total. The molecule has 3 heterocycles. The second kappa shape index (κ2) is 11.6. The summed E-state index contributed by atoms with van der Waals surface area (Å²) < 4.78 is 11.7. The van der Waals surface area contributed by atoms with Crippen LogP contribution in [0.2, 0.25) is 0 Å². The lowest BCUT2D eigenvalue weighted by molar-refractivity contribution is -0.0265. The zero-order chi connectivity index (χ0) is 21.3. The van der Waals surface area contributed by atoms with Gasteiger partial charge in [-0.15, -0.1) is 11.3 Å². The molecule has 0 bridgehead atoms. The van der Waals surface area contributed by atoms with Gasteiger partial charge in [-0.1, -0.05) is 36.4 Å². The van der Waals surface area contributed by atoms with Crippen LogP contribution in [-0.2, 0) is 9.47 Å². The first-order valence-corrected chi connectivity index (χ1v) is 12.2. The van der Waals surface area contributed by atoms with Crippen molar-refractivity contribution in [2.75, 3.05) is 53.0 Å². The molecule has 3 unspecified atom stereocenters. The van der Waals surface area contributed by atoms with Gasteiger partial charge in [0, 0.05) is 50.6 Å². The van der Waals surface area contributed by atoms with Crippen LogP contribution in [0.25, 0.3) is 0 Å². The molecule has 2 saturated heterocycles. The van der Waals surface area contributed by atoms with Gasteiger partial charge < -0.3 is 20.1 Å². The molecule has 168 valence electrons. The third kappa shape index (κ3) is 6.07. The molecule has 0 radical (unpaired) electrons. The van der Waals surface area contributed by atoms with Gasteiger partial charge in [0.15, 0.2) is 5.96 Å². The first-order chi connectivity index (χ1) is 15.3. The van der Waals surface area contributed by atoms with Crippen molar-refractivity contribution in [1.29, 1.82) is 0 Å². The van der Waals surface area contributed by atoms with E-state index in [1.807, 2.05) is 18.4 Å². The van der Waals surface area contributed by atoms with E-state index in [0.717, 1.165) is 64.8 Å². The maximum absolute atomic E-state index is 6.15. The van der Waals surface area contributed by atoms with Crippen molar-refractivity contribution >= 4 is 17.3 Å². The van der Waals surface area contributed by atoms with E-state index in [2.05, 4.69) is 68.4 Å². The molecule has 2 aliphatic rings. The van der Waals surface area contributed by atoms with Gasteiger partial charge >= 0.3 is 0 Å². The number of morpholine rings is 1. The van der Waals surface area contributed by atoms with Gasteiger partial charge in [-0.3, -0.25) is 9.89 Å². The summed E-state index contributed by atoms with van der Waals surface area (Å²) >= 11 is 1.82. The Morgan fingerprint density at radius 2 is 1.97 bits per heavy atom. The average molecular weight is 443 g/mol. The number of guanidine groups is 1. The Morgan fingerprint density at radius 3 is 2.71 bits per heavy atom. The van der Waals surface area contributed by atoms with Crippen molar-refractivity contribution in [3.63, 3.8) is 0 Å². The molecular formula is C24H34N4O2S. The Balaban J connectivity index is 1.34. The van der Waals surface area contributed by atoms with Gasteiger partial charge in [-0.05, 0) is 29.9 Å². The number of nitrogens with zero attached hydrogens (tertiary/aromatic N) is 2. The minimum absolute atomic E-state index is 0.146. The largest absolute Gasteiger partial charge is 0.379 e. The topological polar surface area (TPSA) is 58.1 Å². The van der Waals surface area contributed by atoms with Gasteiger partial charge in [0.2, 0.25) is 0 Å². The van der Waals surface area contributed by atoms with Gasteiger partial charge in [0.1, 0.15) is 0 Å². The van der Waals surface area contributed by atoms with Crippen LogP contribution in [0, 0.1) is 5.92 Å². The standard InChI is InChI=1S/C24H34N4O2S/c1-25-24(26-17-20-9-5-13-30-23(20)19-7-3-2-4-8-19)27-18-21(22-10-6-16-31-22)28-11-14-29-15-12-28/h2-4,6-8,10,16,20-21,23H,5,9,11-15,17-18H2,1H3,(H2,25,26,27). The van der Waals surface area contributed by atoms with Crippen LogP contribution in [0.1, 0.15) is 35.4 Å². The molecule has 0 spiro atoms. The van der Waals surface area contributed by atoms with Crippen molar-refractivity contribution in [3.05, 3.63) is 58.3 Å². The number of hydrogen-bond donors (Lipinski definition) is 2. The Morgan fingerprint density at radius 1 is 1.13 bits per heavy atom. The Labute approximate surface area is 189 Å². The van der Waals surface area contributed by atoms with Crippen molar-refractivity contribution in [2.24, 2.45) is 10.9 Å². The van der Waals surface area contributed by atoms with Crippen LogP contribution >= 0.6 is 11.3 Å². The lowest BCUT2D eigenvalue weighted by Crippen LogP contribution is -2.47. The fourth-order valence-corrected chi connectivity index (χ4v) is 5.35. The predicted octanol–water partition coefficient (Wildman–Crippen LogP) is 3.45. The fraction of sp³-hybridized carbons (Fsp3) is 0.542. The monoisotopic (exact) mass is 442 g/mol. The van der Waals surface area contributed by atoms with E-state index in [1.54, 1.807) is 0 Å². The lowest BCUT2D eigenvalue weighted by atomic mass is 9.89. The van der Waals surface area contributed by atoms with E-state index < -0.39 is 0 Å². The molecule has 2 aromatic rings. The van der Waals surface area contributed by atoms with Crippen molar-refractivity contribution in [3.8, 4) is 0 Å². The summed E-state index contributed by atoms with van der Waals surface area (Å²) in [5.74, 6) is 1.29. The Hall–Kier alpha value is -1.93. The molecule has 1 aromatic carbocycles. The summed E-state index contributed by atoms with van der Waals surface area (Å²) in [5, 5.41) is 9.29. The molecule has 7 heteroatoms. The molecule has 2 N–H and O–H groups in total. The first kappa shape index (κ1) is 22.3. The number of nitrogens with one attached hydrogen (secondary N) is 2. The van der Waals surface area contributed by atoms with E-state index in [4.69, 9.17) is 9.47 Å². The first-order valence-electron chi connectivity index (χ1n) is 11.3. The second-order valence-corrected chi connectivity index (χ2v) is 9.10. The number of ether oxygens (including phenoxy) is 2. The van der Waals surface area contributed by atoms with Crippen LogP contribution in [0.5, 0.6) is 0 Å². The minimum atomic E-state index is 0.146. The number of hydrogen-bond acceptors (Lipinski definition) is 5. The summed E-state index contributed by atoms with van der Waals surface area (Å²) in [5.41, 5.74) is 1.27. The zero-order valence-electron chi connectivity index (χ0n) is 18.3. The van der Waals surface area contributed by atoms with Gasteiger partial charge in [0.05, 0.1) is 25.4 Å². The summed E-state index contributed by atoms with van der Waals surface area (Å²) in [4.78, 5) is 8.38. The predicted molar refractivity (Wildman–Crippen MR) is 127 cm³/mol. The molecule has 31 heavy (non-hydrogen) atoms. The van der Waals surface area contributed by atoms with Crippen molar-refractivity contribution in [1.82, 2.24) is 15.5 Å². The van der Waals surface area contributed by atoms with Gasteiger partial charge in [0.25, 0.3) is 0 Å². The van der Waals surface area contributed by atoms with E-state index in [1.165, 1.54) is 10.4 Å². The maximum atomic E-state index is 6.15. The number of thiophene rings is 1. The Kier molecular flexibility index (Phi) is 8.35. The third-order valence-electron chi connectivity index (χ3n) is 6.15. The Bertz CT molecular complexity index is 793. The minimum Gasteiger partial charge on any atom is -0.379 e. The quantitative estimate of drug-likeness (QED) is 0.508. The molecule has 0 saturated carbocycles. The fourth-order valence-electron chi connectivity index (χ4n) is 4.48.